The van der Waals surface area contributed by atoms with E-state index in [4.69, 9.17) is 10.5 Å². The lowest BCUT2D eigenvalue weighted by molar-refractivity contribution is 0.0495. The molecule has 0 amide bonds. The molecule has 1 aromatic rings. The van der Waals surface area contributed by atoms with E-state index in [2.05, 4.69) is 0 Å². The molecular formula is C12H15NO2. The molecule has 0 aliphatic heterocycles. The van der Waals surface area contributed by atoms with E-state index in [1.54, 1.807) is 24.3 Å². The topological polar surface area (TPSA) is 52.3 Å². The Morgan fingerprint density at radius 1 is 1.33 bits per heavy atom. The number of ether oxygens (including phenoxy) is 1. The van der Waals surface area contributed by atoms with Gasteiger partial charge in [-0.15, -0.1) is 0 Å². The van der Waals surface area contributed by atoms with Crippen molar-refractivity contribution in [1.82, 2.24) is 0 Å². The standard InChI is InChI=1S/C12H15NO2/c13-11-5-3-10(4-6-11)12(14)15-8-7-9-1-2-9/h3-6,9H,1-2,7-8,13H2. The van der Waals surface area contributed by atoms with E-state index in [9.17, 15) is 4.79 Å². The van der Waals surface area contributed by atoms with E-state index < -0.39 is 0 Å². The molecule has 1 aromatic carbocycles. The lowest BCUT2D eigenvalue weighted by atomic mass is 10.2. The van der Waals surface area contributed by atoms with E-state index in [1.165, 1.54) is 12.8 Å². The number of esters is 1. The van der Waals surface area contributed by atoms with Crippen LogP contribution in [0.25, 0.3) is 0 Å². The molecule has 1 aliphatic carbocycles. The predicted molar refractivity (Wildman–Crippen MR) is 58.5 cm³/mol. The molecule has 2 rings (SSSR count). The number of carbonyl (C=O) groups is 1. The van der Waals surface area contributed by atoms with Gasteiger partial charge in [0.1, 0.15) is 0 Å². The van der Waals surface area contributed by atoms with Crippen molar-refractivity contribution in [2.75, 3.05) is 12.3 Å². The van der Waals surface area contributed by atoms with Crippen molar-refractivity contribution in [2.45, 2.75) is 19.3 Å². The highest BCUT2D eigenvalue weighted by Crippen LogP contribution is 2.32. The minimum absolute atomic E-state index is 0.254. The molecular weight excluding hydrogens is 190 g/mol. The summed E-state index contributed by atoms with van der Waals surface area (Å²) >= 11 is 0. The van der Waals surface area contributed by atoms with Gasteiger partial charge in [-0.1, -0.05) is 12.8 Å². The van der Waals surface area contributed by atoms with Crippen LogP contribution in [0.2, 0.25) is 0 Å². The second-order valence-corrected chi connectivity index (χ2v) is 3.99. The van der Waals surface area contributed by atoms with E-state index in [1.807, 2.05) is 0 Å². The van der Waals surface area contributed by atoms with E-state index >= 15 is 0 Å². The lowest BCUT2D eigenvalue weighted by Crippen LogP contribution is -2.06. The first-order valence-corrected chi connectivity index (χ1v) is 5.28. The number of hydrogen-bond acceptors (Lipinski definition) is 3. The fourth-order valence-corrected chi connectivity index (χ4v) is 1.43. The molecule has 0 spiro atoms. The van der Waals surface area contributed by atoms with Crippen LogP contribution >= 0.6 is 0 Å². The third-order valence-electron chi connectivity index (χ3n) is 2.60. The van der Waals surface area contributed by atoms with Gasteiger partial charge in [-0.05, 0) is 36.6 Å². The molecule has 1 fully saturated rings. The van der Waals surface area contributed by atoms with Gasteiger partial charge in [-0.25, -0.2) is 4.79 Å². The second-order valence-electron chi connectivity index (χ2n) is 3.99. The van der Waals surface area contributed by atoms with Crippen LogP contribution in [0.4, 0.5) is 5.69 Å². The smallest absolute Gasteiger partial charge is 0.338 e. The Labute approximate surface area is 89.2 Å². The Balaban J connectivity index is 1.81. The summed E-state index contributed by atoms with van der Waals surface area (Å²) < 4.78 is 5.14. The molecule has 0 unspecified atom stereocenters. The summed E-state index contributed by atoms with van der Waals surface area (Å²) in [5, 5.41) is 0. The third-order valence-corrected chi connectivity index (χ3v) is 2.60. The first kappa shape index (κ1) is 10.0. The molecule has 0 heterocycles. The van der Waals surface area contributed by atoms with Crippen LogP contribution < -0.4 is 5.73 Å². The van der Waals surface area contributed by atoms with Gasteiger partial charge in [-0.2, -0.15) is 0 Å². The molecule has 1 aliphatic rings. The van der Waals surface area contributed by atoms with Crippen LogP contribution in [-0.2, 0) is 4.74 Å². The van der Waals surface area contributed by atoms with E-state index in [0.29, 0.717) is 17.9 Å². The predicted octanol–water partition coefficient (Wildman–Crippen LogP) is 2.23. The first-order chi connectivity index (χ1) is 7.25. The van der Waals surface area contributed by atoms with Crippen molar-refractivity contribution >= 4 is 11.7 Å². The lowest BCUT2D eigenvalue weighted by Gasteiger charge is -2.04. The van der Waals surface area contributed by atoms with Gasteiger partial charge in [-0.3, -0.25) is 0 Å². The maximum absolute atomic E-state index is 11.5. The van der Waals surface area contributed by atoms with E-state index in [0.717, 1.165) is 12.3 Å². The van der Waals surface area contributed by atoms with Gasteiger partial charge in [0.15, 0.2) is 0 Å². The summed E-state index contributed by atoms with van der Waals surface area (Å²) in [6, 6.07) is 6.79. The van der Waals surface area contributed by atoms with Crippen LogP contribution in [-0.4, -0.2) is 12.6 Å². The van der Waals surface area contributed by atoms with Gasteiger partial charge in [0.05, 0.1) is 12.2 Å². The van der Waals surface area contributed by atoms with Crippen LogP contribution in [0.15, 0.2) is 24.3 Å². The molecule has 80 valence electrons. The number of anilines is 1. The van der Waals surface area contributed by atoms with E-state index in [-0.39, 0.29) is 5.97 Å². The Kier molecular flexibility index (Phi) is 2.90. The quantitative estimate of drug-likeness (QED) is 0.605. The molecule has 3 nitrogen and oxygen atoms in total. The average molecular weight is 205 g/mol. The van der Waals surface area contributed by atoms with Crippen LogP contribution in [0.5, 0.6) is 0 Å². The number of nitrogen functional groups attached to an aromatic ring is 1. The fraction of sp³-hybridized carbons (Fsp3) is 0.417. The highest BCUT2D eigenvalue weighted by molar-refractivity contribution is 5.89. The van der Waals surface area contributed by atoms with Crippen molar-refractivity contribution in [2.24, 2.45) is 5.92 Å². The minimum Gasteiger partial charge on any atom is -0.462 e. The number of nitrogens with two attached hydrogens (primary N) is 1. The summed E-state index contributed by atoms with van der Waals surface area (Å²) in [7, 11) is 0. The van der Waals surface area contributed by atoms with Gasteiger partial charge in [0, 0.05) is 5.69 Å². The van der Waals surface area contributed by atoms with Crippen molar-refractivity contribution in [3.05, 3.63) is 29.8 Å². The van der Waals surface area contributed by atoms with Gasteiger partial charge in [0.2, 0.25) is 0 Å². The molecule has 3 heteroatoms. The third kappa shape index (κ3) is 2.98. The Morgan fingerprint density at radius 3 is 2.60 bits per heavy atom. The molecule has 2 N–H and O–H groups in total. The Hall–Kier alpha value is -1.51. The van der Waals surface area contributed by atoms with Crippen LogP contribution in [0.3, 0.4) is 0 Å². The zero-order valence-electron chi connectivity index (χ0n) is 8.61. The number of carbonyl (C=O) groups excluding carboxylic acids is 1. The summed E-state index contributed by atoms with van der Waals surface area (Å²) in [6.45, 7) is 0.536. The molecule has 15 heavy (non-hydrogen) atoms. The summed E-state index contributed by atoms with van der Waals surface area (Å²) in [6.07, 6.45) is 3.58. The van der Waals surface area contributed by atoms with Crippen LogP contribution in [0, 0.1) is 5.92 Å². The maximum atomic E-state index is 11.5. The minimum atomic E-state index is -0.254. The summed E-state index contributed by atoms with van der Waals surface area (Å²) in [4.78, 5) is 11.5. The summed E-state index contributed by atoms with van der Waals surface area (Å²) in [5.41, 5.74) is 6.75. The molecule has 0 atom stereocenters. The SMILES string of the molecule is Nc1ccc(C(=O)OCCC2CC2)cc1. The van der Waals surface area contributed by atoms with Crippen molar-refractivity contribution in [1.29, 1.82) is 0 Å². The molecule has 0 radical (unpaired) electrons. The van der Waals surface area contributed by atoms with Gasteiger partial charge >= 0.3 is 5.97 Å². The van der Waals surface area contributed by atoms with Gasteiger partial charge < -0.3 is 10.5 Å². The highest BCUT2D eigenvalue weighted by atomic mass is 16.5. The second kappa shape index (κ2) is 4.34. The maximum Gasteiger partial charge on any atom is 0.338 e. The highest BCUT2D eigenvalue weighted by Gasteiger charge is 2.21. The average Bonchev–Trinajstić information content (AvgIpc) is 3.02. The number of benzene rings is 1. The van der Waals surface area contributed by atoms with Crippen LogP contribution in [0.1, 0.15) is 29.6 Å². The zero-order chi connectivity index (χ0) is 10.7. The van der Waals surface area contributed by atoms with Crippen molar-refractivity contribution in [3.8, 4) is 0 Å². The first-order valence-electron chi connectivity index (χ1n) is 5.28. The Bertz CT molecular complexity index is 341. The normalized spacial score (nSPS) is 14.9. The fourth-order valence-electron chi connectivity index (χ4n) is 1.43. The molecule has 0 bridgehead atoms. The van der Waals surface area contributed by atoms with Crippen molar-refractivity contribution < 1.29 is 9.53 Å². The van der Waals surface area contributed by atoms with Crippen molar-refractivity contribution in [3.63, 3.8) is 0 Å². The number of hydrogen-bond donors (Lipinski definition) is 1. The Morgan fingerprint density at radius 2 is 2.00 bits per heavy atom. The van der Waals surface area contributed by atoms with Gasteiger partial charge in [0.25, 0.3) is 0 Å². The largest absolute Gasteiger partial charge is 0.462 e. The summed E-state index contributed by atoms with van der Waals surface area (Å²) in [5.74, 6) is 0.542. The molecule has 1 saturated carbocycles. The zero-order valence-corrected chi connectivity index (χ0v) is 8.61. The molecule has 0 saturated heterocycles. The molecule has 0 aromatic heterocycles. The monoisotopic (exact) mass is 205 g/mol. The number of rotatable bonds is 4.